The van der Waals surface area contributed by atoms with Gasteiger partial charge >= 0.3 is 0 Å². The average molecular weight is 747 g/mol. The standard InChI is InChI=1S/C46H90N4O3/c1-5-6-7-8-9-10-11-12-13-14-15-28-50-29-16-20-36(2)39-21-22-40-44-41(35-43(46(39,40)4)53-32-19-27-49)45(3)24-23-38(51-30-17-25-47)33-37(45)34-42(44)52-31-18-26-48/h36-44,50H,5-35,47-49H2,1-4H3/t36-,37+,38-,39-,40+,41+,42-,43+,44+,45+,46-/m1/s1. The van der Waals surface area contributed by atoms with Crippen molar-refractivity contribution in [3.05, 3.63) is 0 Å². The van der Waals surface area contributed by atoms with Gasteiger partial charge in [-0.3, -0.25) is 0 Å². The molecule has 7 heteroatoms. The molecule has 0 aromatic carbocycles. The maximum absolute atomic E-state index is 7.06. The van der Waals surface area contributed by atoms with Gasteiger partial charge in [-0.25, -0.2) is 0 Å². The Morgan fingerprint density at radius 1 is 0.642 bits per heavy atom. The van der Waals surface area contributed by atoms with Crippen molar-refractivity contribution in [3.63, 3.8) is 0 Å². The van der Waals surface area contributed by atoms with Gasteiger partial charge in [-0.1, -0.05) is 91.9 Å². The van der Waals surface area contributed by atoms with Gasteiger partial charge in [0.2, 0.25) is 0 Å². The van der Waals surface area contributed by atoms with Gasteiger partial charge in [0.25, 0.3) is 0 Å². The van der Waals surface area contributed by atoms with Crippen LogP contribution >= 0.6 is 0 Å². The lowest BCUT2D eigenvalue weighted by atomic mass is 9.43. The van der Waals surface area contributed by atoms with E-state index in [4.69, 9.17) is 31.4 Å². The lowest BCUT2D eigenvalue weighted by Gasteiger charge is -2.65. The fraction of sp³-hybridized carbons (Fsp3) is 1.00. The lowest BCUT2D eigenvalue weighted by Crippen LogP contribution is -2.63. The third kappa shape index (κ3) is 12.6. The molecular weight excluding hydrogens is 657 g/mol. The van der Waals surface area contributed by atoms with Gasteiger partial charge in [0, 0.05) is 25.2 Å². The molecule has 312 valence electrons. The van der Waals surface area contributed by atoms with E-state index in [0.717, 1.165) is 52.0 Å². The Balaban J connectivity index is 1.33. The second-order valence-electron chi connectivity index (χ2n) is 18.9. The number of nitrogens with two attached hydrogens (primary N) is 3. The minimum atomic E-state index is 0.180. The lowest BCUT2D eigenvalue weighted by molar-refractivity contribution is -0.227. The largest absolute Gasteiger partial charge is 0.378 e. The first kappa shape index (κ1) is 45.4. The monoisotopic (exact) mass is 747 g/mol. The zero-order valence-corrected chi connectivity index (χ0v) is 35.6. The van der Waals surface area contributed by atoms with Gasteiger partial charge in [0.1, 0.15) is 0 Å². The molecule has 4 aliphatic carbocycles. The maximum Gasteiger partial charge on any atom is 0.0637 e. The van der Waals surface area contributed by atoms with Crippen molar-refractivity contribution in [1.29, 1.82) is 0 Å². The van der Waals surface area contributed by atoms with Gasteiger partial charge in [-0.2, -0.15) is 0 Å². The maximum atomic E-state index is 7.06. The Morgan fingerprint density at radius 2 is 1.25 bits per heavy atom. The van der Waals surface area contributed by atoms with Gasteiger partial charge in [-0.15, -0.1) is 0 Å². The van der Waals surface area contributed by atoms with Crippen LogP contribution in [0.3, 0.4) is 0 Å². The number of unbranched alkanes of at least 4 members (excludes halogenated alkanes) is 10. The summed E-state index contributed by atoms with van der Waals surface area (Å²) in [6.07, 6.45) is 30.5. The predicted octanol–water partition coefficient (Wildman–Crippen LogP) is 9.38. The highest BCUT2D eigenvalue weighted by Gasteiger charge is 2.66. The number of hydrogen-bond acceptors (Lipinski definition) is 7. The van der Waals surface area contributed by atoms with Crippen LogP contribution in [0.15, 0.2) is 0 Å². The molecule has 4 rings (SSSR count). The van der Waals surface area contributed by atoms with Crippen LogP contribution in [0, 0.1) is 46.3 Å². The summed E-state index contributed by atoms with van der Waals surface area (Å²) in [6, 6.07) is 0. The van der Waals surface area contributed by atoms with Gasteiger partial charge in [0.15, 0.2) is 0 Å². The molecule has 0 unspecified atom stereocenters. The highest BCUT2D eigenvalue weighted by Crippen LogP contribution is 2.69. The van der Waals surface area contributed by atoms with Crippen LogP contribution in [0.1, 0.15) is 175 Å². The summed E-state index contributed by atoms with van der Waals surface area (Å²) >= 11 is 0. The summed E-state index contributed by atoms with van der Waals surface area (Å²) in [5.41, 5.74) is 18.3. The van der Waals surface area contributed by atoms with Crippen molar-refractivity contribution in [3.8, 4) is 0 Å². The van der Waals surface area contributed by atoms with E-state index in [9.17, 15) is 0 Å². The van der Waals surface area contributed by atoms with Crippen molar-refractivity contribution in [2.24, 2.45) is 63.5 Å². The topological polar surface area (TPSA) is 118 Å². The molecule has 7 N–H and O–H groups in total. The number of fused-ring (bicyclic) bond motifs is 5. The summed E-state index contributed by atoms with van der Waals surface area (Å²) < 4.78 is 20.4. The van der Waals surface area contributed by atoms with E-state index in [1.54, 1.807) is 0 Å². The van der Waals surface area contributed by atoms with Gasteiger partial charge in [0.05, 0.1) is 18.3 Å². The van der Waals surface area contributed by atoms with Gasteiger partial charge in [-0.05, 0) is 157 Å². The summed E-state index contributed by atoms with van der Waals surface area (Å²) in [7, 11) is 0. The predicted molar refractivity (Wildman–Crippen MR) is 224 cm³/mol. The van der Waals surface area contributed by atoms with E-state index in [2.05, 4.69) is 33.0 Å². The molecule has 0 saturated heterocycles. The number of hydrogen-bond donors (Lipinski definition) is 4. The van der Waals surface area contributed by atoms with Crippen LogP contribution in [0.2, 0.25) is 0 Å². The van der Waals surface area contributed by atoms with Gasteiger partial charge < -0.3 is 36.7 Å². The second kappa shape index (κ2) is 24.5. The molecule has 0 aromatic heterocycles. The van der Waals surface area contributed by atoms with E-state index in [-0.39, 0.29) is 5.41 Å². The summed E-state index contributed by atoms with van der Waals surface area (Å²) in [5, 5.41) is 3.81. The Labute approximate surface area is 328 Å². The molecule has 0 aliphatic heterocycles. The van der Waals surface area contributed by atoms with Crippen molar-refractivity contribution in [2.75, 3.05) is 52.5 Å². The van der Waals surface area contributed by atoms with E-state index >= 15 is 0 Å². The zero-order chi connectivity index (χ0) is 37.9. The first-order valence-electron chi connectivity index (χ1n) is 23.5. The van der Waals surface area contributed by atoms with E-state index in [1.807, 2.05) is 0 Å². The molecule has 0 radical (unpaired) electrons. The Bertz CT molecular complexity index is 956. The quantitative estimate of drug-likeness (QED) is 0.0564. The molecule has 0 spiro atoms. The zero-order valence-electron chi connectivity index (χ0n) is 35.6. The smallest absolute Gasteiger partial charge is 0.0637 e. The van der Waals surface area contributed by atoms with E-state index in [1.165, 1.54) is 129 Å². The van der Waals surface area contributed by atoms with E-state index in [0.29, 0.717) is 78.9 Å². The summed E-state index contributed by atoms with van der Waals surface area (Å²) in [5.74, 6) is 3.91. The Hall–Kier alpha value is -0.280. The second-order valence-corrected chi connectivity index (χ2v) is 18.9. The first-order chi connectivity index (χ1) is 25.8. The highest BCUT2D eigenvalue weighted by molar-refractivity contribution is 5.15. The molecule has 0 amide bonds. The van der Waals surface area contributed by atoms with Crippen molar-refractivity contribution < 1.29 is 14.2 Å². The molecule has 0 heterocycles. The Morgan fingerprint density at radius 3 is 1.91 bits per heavy atom. The molecule has 4 aliphatic rings. The molecule has 53 heavy (non-hydrogen) atoms. The van der Waals surface area contributed by atoms with Crippen LogP contribution in [-0.2, 0) is 14.2 Å². The van der Waals surface area contributed by atoms with Crippen molar-refractivity contribution in [1.82, 2.24) is 5.32 Å². The first-order valence-corrected chi connectivity index (χ1v) is 23.5. The van der Waals surface area contributed by atoms with Crippen molar-refractivity contribution in [2.45, 2.75) is 194 Å². The van der Waals surface area contributed by atoms with Crippen LogP contribution in [0.4, 0.5) is 0 Å². The molecule has 7 nitrogen and oxygen atoms in total. The molecule has 0 bridgehead atoms. The number of nitrogens with one attached hydrogen (secondary N) is 1. The molecule has 4 saturated carbocycles. The molecular formula is C46H90N4O3. The fourth-order valence-electron chi connectivity index (χ4n) is 12.4. The molecule has 4 fully saturated rings. The number of ether oxygens (including phenoxy) is 3. The summed E-state index contributed by atoms with van der Waals surface area (Å²) in [6.45, 7) is 17.0. The third-order valence-electron chi connectivity index (χ3n) is 15.5. The van der Waals surface area contributed by atoms with Crippen molar-refractivity contribution >= 4 is 0 Å². The fourth-order valence-corrected chi connectivity index (χ4v) is 12.4. The normalized spacial score (nSPS) is 34.5. The Kier molecular flexibility index (Phi) is 21.0. The van der Waals surface area contributed by atoms with Crippen LogP contribution in [0.5, 0.6) is 0 Å². The van der Waals surface area contributed by atoms with E-state index < -0.39 is 0 Å². The molecule has 11 atom stereocenters. The SMILES string of the molecule is CCCCCCCCCCCCCNCCC[C@@H](C)[C@H]1CC[C@H]2[C@@H]3[C@H](OCCCN)C[C@@H]4C[C@H](OCCCN)CC[C@]4(C)[C@H]3C[C@H](OCCCN)[C@]12C. The minimum absolute atomic E-state index is 0.180. The number of rotatable bonds is 29. The molecule has 0 aromatic rings. The average Bonchev–Trinajstić information content (AvgIpc) is 3.52. The van der Waals surface area contributed by atoms with Crippen LogP contribution in [0.25, 0.3) is 0 Å². The van der Waals surface area contributed by atoms with Crippen LogP contribution in [-0.4, -0.2) is 70.9 Å². The summed E-state index contributed by atoms with van der Waals surface area (Å²) in [4.78, 5) is 0. The van der Waals surface area contributed by atoms with Crippen LogP contribution < -0.4 is 22.5 Å². The highest BCUT2D eigenvalue weighted by atomic mass is 16.5. The third-order valence-corrected chi connectivity index (χ3v) is 15.5. The minimum Gasteiger partial charge on any atom is -0.378 e.